The number of phenols is 1. The summed E-state index contributed by atoms with van der Waals surface area (Å²) in [6, 6.07) is 13.8. The van der Waals surface area contributed by atoms with Crippen LogP contribution in [0.25, 0.3) is 11.6 Å². The molecule has 0 unspecified atom stereocenters. The predicted octanol–water partition coefficient (Wildman–Crippen LogP) is 3.92. The molecule has 5 rings (SSSR count). The summed E-state index contributed by atoms with van der Waals surface area (Å²) in [6.45, 7) is 1.45. The van der Waals surface area contributed by atoms with E-state index in [9.17, 15) is 19.1 Å². The Hall–Kier alpha value is -4.54. The van der Waals surface area contributed by atoms with Crippen LogP contribution in [0.2, 0.25) is 0 Å². The maximum Gasteiger partial charge on any atom is 0.251 e. The molecule has 1 saturated carbocycles. The summed E-state index contributed by atoms with van der Waals surface area (Å²) in [5.41, 5.74) is 0.798. The summed E-state index contributed by atoms with van der Waals surface area (Å²) in [4.78, 5) is 30.0. The Morgan fingerprint density at radius 1 is 1.11 bits per heavy atom. The van der Waals surface area contributed by atoms with Gasteiger partial charge in [0.2, 0.25) is 11.7 Å². The molecule has 2 heterocycles. The lowest BCUT2D eigenvalue weighted by atomic mass is 10.0. The van der Waals surface area contributed by atoms with E-state index in [2.05, 4.69) is 20.7 Å². The molecule has 196 valence electrons. The van der Waals surface area contributed by atoms with E-state index in [0.29, 0.717) is 22.8 Å². The smallest absolute Gasteiger partial charge is 0.251 e. The summed E-state index contributed by atoms with van der Waals surface area (Å²) in [7, 11) is 0. The SMILES string of the molecule is Cc1ccc(-c2nnn(CC(=O)N(c3ccc(F)cc3)[C@H](C(=O)NC3CCCC3)c3ccc(O)cc3)n2)o1. The molecule has 0 bridgehead atoms. The largest absolute Gasteiger partial charge is 0.508 e. The molecule has 38 heavy (non-hydrogen) atoms. The van der Waals surface area contributed by atoms with Crippen LogP contribution in [0.1, 0.15) is 43.0 Å². The van der Waals surface area contributed by atoms with Crippen molar-refractivity contribution in [3.63, 3.8) is 0 Å². The van der Waals surface area contributed by atoms with E-state index in [-0.39, 0.29) is 30.1 Å². The minimum atomic E-state index is -1.09. The van der Waals surface area contributed by atoms with Crippen molar-refractivity contribution in [1.82, 2.24) is 25.5 Å². The molecule has 0 saturated heterocycles. The van der Waals surface area contributed by atoms with E-state index in [1.54, 1.807) is 31.2 Å². The van der Waals surface area contributed by atoms with Gasteiger partial charge in [0, 0.05) is 11.7 Å². The number of amides is 2. The molecule has 0 spiro atoms. The number of furan rings is 1. The van der Waals surface area contributed by atoms with Crippen molar-refractivity contribution < 1.29 is 23.5 Å². The van der Waals surface area contributed by atoms with E-state index in [4.69, 9.17) is 4.42 Å². The molecule has 0 radical (unpaired) electrons. The Bertz CT molecular complexity index is 1410. The van der Waals surface area contributed by atoms with E-state index in [0.717, 1.165) is 30.5 Å². The van der Waals surface area contributed by atoms with Gasteiger partial charge in [0.25, 0.3) is 5.91 Å². The van der Waals surface area contributed by atoms with Crippen LogP contribution in [-0.4, -0.2) is 43.2 Å². The molecule has 2 aromatic heterocycles. The van der Waals surface area contributed by atoms with E-state index in [1.165, 1.54) is 41.3 Å². The number of hydrogen-bond donors (Lipinski definition) is 2. The third kappa shape index (κ3) is 5.56. The van der Waals surface area contributed by atoms with Gasteiger partial charge < -0.3 is 14.8 Å². The Labute approximate surface area is 218 Å². The molecular weight excluding hydrogens is 491 g/mol. The molecule has 4 aromatic rings. The van der Waals surface area contributed by atoms with Crippen LogP contribution in [0.5, 0.6) is 5.75 Å². The zero-order valence-electron chi connectivity index (χ0n) is 20.7. The first-order valence-electron chi connectivity index (χ1n) is 12.4. The van der Waals surface area contributed by atoms with Crippen molar-refractivity contribution in [3.8, 4) is 17.3 Å². The van der Waals surface area contributed by atoms with Gasteiger partial charge in [-0.2, -0.15) is 4.80 Å². The minimum Gasteiger partial charge on any atom is -0.508 e. The van der Waals surface area contributed by atoms with Crippen molar-refractivity contribution in [2.24, 2.45) is 0 Å². The Kier molecular flexibility index (Phi) is 7.16. The predicted molar refractivity (Wildman–Crippen MR) is 135 cm³/mol. The number of anilines is 1. The van der Waals surface area contributed by atoms with Crippen molar-refractivity contribution in [2.45, 2.75) is 51.2 Å². The molecule has 2 aromatic carbocycles. The van der Waals surface area contributed by atoms with Gasteiger partial charge in [-0.3, -0.25) is 14.5 Å². The number of aryl methyl sites for hydroxylation is 1. The maximum atomic E-state index is 13.8. The van der Waals surface area contributed by atoms with Crippen LogP contribution >= 0.6 is 0 Å². The topological polar surface area (TPSA) is 126 Å². The quantitative estimate of drug-likeness (QED) is 0.362. The highest BCUT2D eigenvalue weighted by atomic mass is 19.1. The van der Waals surface area contributed by atoms with Crippen LogP contribution in [-0.2, 0) is 16.1 Å². The van der Waals surface area contributed by atoms with Crippen molar-refractivity contribution in [1.29, 1.82) is 0 Å². The average Bonchev–Trinajstić information content (AvgIpc) is 3.67. The van der Waals surface area contributed by atoms with Gasteiger partial charge in [-0.1, -0.05) is 25.0 Å². The second kappa shape index (κ2) is 10.8. The first-order chi connectivity index (χ1) is 18.4. The molecule has 10 nitrogen and oxygen atoms in total. The molecule has 2 amide bonds. The number of tetrazole rings is 1. The number of halogens is 1. The molecule has 1 aliphatic rings. The molecule has 11 heteroatoms. The lowest BCUT2D eigenvalue weighted by molar-refractivity contribution is -0.127. The lowest BCUT2D eigenvalue weighted by Crippen LogP contribution is -2.47. The van der Waals surface area contributed by atoms with Crippen LogP contribution in [0, 0.1) is 12.7 Å². The number of nitrogens with one attached hydrogen (secondary N) is 1. The number of aromatic nitrogens is 4. The fraction of sp³-hybridized carbons (Fsp3) is 0.296. The molecular formula is C27H27FN6O4. The van der Waals surface area contributed by atoms with E-state index < -0.39 is 17.8 Å². The second-order valence-electron chi connectivity index (χ2n) is 9.28. The van der Waals surface area contributed by atoms with E-state index >= 15 is 0 Å². The van der Waals surface area contributed by atoms with Gasteiger partial charge in [0.15, 0.2) is 5.76 Å². The molecule has 0 aliphatic heterocycles. The normalized spacial score (nSPS) is 14.4. The fourth-order valence-corrected chi connectivity index (χ4v) is 4.62. The molecule has 2 N–H and O–H groups in total. The van der Waals surface area contributed by atoms with Crippen molar-refractivity contribution in [2.75, 3.05) is 4.90 Å². The van der Waals surface area contributed by atoms with E-state index in [1.807, 2.05) is 0 Å². The Morgan fingerprint density at radius 3 is 2.47 bits per heavy atom. The number of nitrogens with zero attached hydrogens (tertiary/aromatic N) is 5. The standard InChI is InChI=1S/C27H27FN6O4/c1-17-6-15-23(38-17)26-30-32-33(31-26)16-24(36)34(21-11-9-19(28)10-12-21)25(18-7-13-22(35)14-8-18)27(37)29-20-4-2-3-5-20/h6-15,20,25,35H,2-5,16H2,1H3,(H,29,37)/t25-/m0/s1. The fourth-order valence-electron chi connectivity index (χ4n) is 4.62. The summed E-state index contributed by atoms with van der Waals surface area (Å²) >= 11 is 0. The average molecular weight is 519 g/mol. The summed E-state index contributed by atoms with van der Waals surface area (Å²) in [5, 5.41) is 25.1. The van der Waals surface area contributed by atoms with Crippen LogP contribution < -0.4 is 10.2 Å². The highest BCUT2D eigenvalue weighted by molar-refractivity contribution is 6.01. The number of hydrogen-bond acceptors (Lipinski definition) is 7. The van der Waals surface area contributed by atoms with Gasteiger partial charge in [-0.05, 0) is 79.1 Å². The van der Waals surface area contributed by atoms with Crippen LogP contribution in [0.4, 0.5) is 10.1 Å². The third-order valence-electron chi connectivity index (χ3n) is 6.48. The van der Waals surface area contributed by atoms with Gasteiger partial charge in [-0.25, -0.2) is 4.39 Å². The third-order valence-corrected chi connectivity index (χ3v) is 6.48. The maximum absolute atomic E-state index is 13.8. The highest BCUT2D eigenvalue weighted by Crippen LogP contribution is 2.31. The number of aromatic hydroxyl groups is 1. The van der Waals surface area contributed by atoms with Gasteiger partial charge in [0.05, 0.1) is 0 Å². The summed E-state index contributed by atoms with van der Waals surface area (Å²) in [6.07, 6.45) is 3.75. The monoisotopic (exact) mass is 518 g/mol. The van der Waals surface area contributed by atoms with Crippen LogP contribution in [0.15, 0.2) is 65.1 Å². The number of rotatable bonds is 8. The van der Waals surface area contributed by atoms with Gasteiger partial charge in [-0.15, -0.1) is 10.2 Å². The number of carbonyl (C=O) groups is 2. The number of carbonyl (C=O) groups excluding carboxylic acids is 2. The first-order valence-corrected chi connectivity index (χ1v) is 12.4. The van der Waals surface area contributed by atoms with Gasteiger partial charge in [0.1, 0.15) is 29.9 Å². The zero-order chi connectivity index (χ0) is 26.6. The van der Waals surface area contributed by atoms with Crippen molar-refractivity contribution >= 4 is 17.5 Å². The van der Waals surface area contributed by atoms with Crippen LogP contribution in [0.3, 0.4) is 0 Å². The Morgan fingerprint density at radius 2 is 1.82 bits per heavy atom. The molecule has 1 atom stereocenters. The van der Waals surface area contributed by atoms with Crippen molar-refractivity contribution in [3.05, 3.63) is 77.8 Å². The Balaban J connectivity index is 1.50. The number of phenolic OH excluding ortho intramolecular Hbond substituents is 1. The first kappa shape index (κ1) is 25.1. The zero-order valence-corrected chi connectivity index (χ0v) is 20.7. The molecule has 1 aliphatic carbocycles. The second-order valence-corrected chi connectivity index (χ2v) is 9.28. The van der Waals surface area contributed by atoms with Gasteiger partial charge >= 0.3 is 0 Å². The minimum absolute atomic E-state index is 0.00331. The highest BCUT2D eigenvalue weighted by Gasteiger charge is 2.35. The summed E-state index contributed by atoms with van der Waals surface area (Å²) < 4.78 is 19.3. The molecule has 1 fully saturated rings. The lowest BCUT2D eigenvalue weighted by Gasteiger charge is -2.32. The summed E-state index contributed by atoms with van der Waals surface area (Å²) in [5.74, 6) is -0.0398. The number of benzene rings is 2.